The molecule has 2 atom stereocenters. The summed E-state index contributed by atoms with van der Waals surface area (Å²) in [5.41, 5.74) is 0.838. The lowest BCUT2D eigenvalue weighted by atomic mass is 9.92. The van der Waals surface area contributed by atoms with Gasteiger partial charge in [-0.05, 0) is 26.2 Å². The van der Waals surface area contributed by atoms with Gasteiger partial charge in [-0.25, -0.2) is 13.8 Å². The second kappa shape index (κ2) is 7.50. The van der Waals surface area contributed by atoms with Crippen molar-refractivity contribution in [1.82, 2.24) is 15.6 Å². The van der Waals surface area contributed by atoms with Gasteiger partial charge < -0.3 is 4.74 Å². The van der Waals surface area contributed by atoms with E-state index in [1.165, 1.54) is 19.2 Å². The van der Waals surface area contributed by atoms with Gasteiger partial charge in [-0.2, -0.15) is 0 Å². The van der Waals surface area contributed by atoms with Crippen molar-refractivity contribution in [3.63, 3.8) is 0 Å². The third kappa shape index (κ3) is 3.56. The molecule has 2 aliphatic rings. The molecule has 0 unspecified atom stereocenters. The summed E-state index contributed by atoms with van der Waals surface area (Å²) < 4.78 is 33.9. The molecule has 0 spiro atoms. The van der Waals surface area contributed by atoms with Crippen LogP contribution in [-0.4, -0.2) is 30.6 Å². The first-order valence-corrected chi connectivity index (χ1v) is 10.3. The Morgan fingerprint density at radius 2 is 2.04 bits per heavy atom. The Labute approximate surface area is 166 Å². The Morgan fingerprint density at radius 1 is 1.32 bits per heavy atom. The van der Waals surface area contributed by atoms with Crippen LogP contribution in [-0.2, 0) is 10.3 Å². The molecule has 8 heteroatoms. The number of hydrogen-bond acceptors (Lipinski definition) is 6. The van der Waals surface area contributed by atoms with Gasteiger partial charge in [0, 0.05) is 42.1 Å². The number of aromatic nitrogens is 1. The highest BCUT2D eigenvalue weighted by molar-refractivity contribution is 7.09. The Kier molecular flexibility index (Phi) is 5.20. The molecule has 2 saturated carbocycles. The molecule has 1 aromatic carbocycles. The molecule has 4 rings (SSSR count). The molecular formula is C20H23F2N3O2S. The van der Waals surface area contributed by atoms with E-state index in [-0.39, 0.29) is 22.6 Å². The van der Waals surface area contributed by atoms with Gasteiger partial charge in [0.2, 0.25) is 0 Å². The smallest absolute Gasteiger partial charge is 0.150 e. The minimum absolute atomic E-state index is 0.0178. The van der Waals surface area contributed by atoms with E-state index in [1.807, 2.05) is 6.92 Å². The average Bonchev–Trinajstić information content (AvgIpc) is 3.18. The summed E-state index contributed by atoms with van der Waals surface area (Å²) in [6, 6.07) is 1.72. The van der Waals surface area contributed by atoms with Gasteiger partial charge in [-0.3, -0.25) is 15.4 Å². The zero-order chi connectivity index (χ0) is 19.9. The third-order valence-electron chi connectivity index (χ3n) is 5.72. The molecule has 2 aromatic rings. The van der Waals surface area contributed by atoms with Crippen LogP contribution >= 0.6 is 11.3 Å². The maximum Gasteiger partial charge on any atom is 0.150 e. The minimum Gasteiger partial charge on any atom is -0.497 e. The number of nitrogens with one attached hydrogen (secondary N) is 2. The van der Waals surface area contributed by atoms with Gasteiger partial charge in [0.25, 0.3) is 0 Å². The molecule has 28 heavy (non-hydrogen) atoms. The molecule has 1 heterocycles. The van der Waals surface area contributed by atoms with Gasteiger partial charge in [-0.15, -0.1) is 11.3 Å². The maximum absolute atomic E-state index is 14.5. The van der Waals surface area contributed by atoms with Gasteiger partial charge in [0.05, 0.1) is 29.4 Å². The van der Waals surface area contributed by atoms with Crippen LogP contribution in [0.4, 0.5) is 8.78 Å². The highest BCUT2D eigenvalue weighted by Crippen LogP contribution is 2.45. The third-order valence-corrected chi connectivity index (χ3v) is 6.49. The summed E-state index contributed by atoms with van der Waals surface area (Å²) in [5, 5.41) is 9.70. The van der Waals surface area contributed by atoms with Crippen LogP contribution in [0, 0.1) is 18.6 Å². The average molecular weight is 407 g/mol. The first kappa shape index (κ1) is 19.4. The number of ketones is 1. The number of carbonyl (C=O) groups is 1. The van der Waals surface area contributed by atoms with Gasteiger partial charge in [0.1, 0.15) is 23.2 Å². The molecule has 2 N–H and O–H groups in total. The number of methoxy groups -OCH3 is 1. The molecule has 0 saturated heterocycles. The fourth-order valence-corrected chi connectivity index (χ4v) is 4.72. The van der Waals surface area contributed by atoms with Crippen molar-refractivity contribution >= 4 is 17.1 Å². The van der Waals surface area contributed by atoms with Crippen LogP contribution in [0.1, 0.15) is 47.9 Å². The van der Waals surface area contributed by atoms with E-state index in [1.54, 1.807) is 11.3 Å². The molecule has 0 radical (unpaired) electrons. The van der Waals surface area contributed by atoms with Crippen LogP contribution < -0.4 is 15.4 Å². The van der Waals surface area contributed by atoms with E-state index in [0.29, 0.717) is 19.5 Å². The lowest BCUT2D eigenvalue weighted by Crippen LogP contribution is -2.45. The van der Waals surface area contributed by atoms with Crippen LogP contribution in [0.25, 0.3) is 0 Å². The van der Waals surface area contributed by atoms with Crippen LogP contribution in [0.5, 0.6) is 5.75 Å². The lowest BCUT2D eigenvalue weighted by molar-refractivity contribution is -0.119. The van der Waals surface area contributed by atoms with Crippen LogP contribution in [0.2, 0.25) is 0 Å². The summed E-state index contributed by atoms with van der Waals surface area (Å²) >= 11 is 1.62. The molecule has 5 nitrogen and oxygen atoms in total. The molecule has 2 fully saturated rings. The Hall–Kier alpha value is -1.90. The Bertz CT molecular complexity index is 874. The van der Waals surface area contributed by atoms with Crippen LogP contribution in [0.15, 0.2) is 17.5 Å². The molecule has 0 amide bonds. The fourth-order valence-electron chi connectivity index (χ4n) is 4.01. The molecule has 150 valence electrons. The highest BCUT2D eigenvalue weighted by Gasteiger charge is 2.46. The van der Waals surface area contributed by atoms with Crippen molar-refractivity contribution in [2.45, 2.75) is 50.1 Å². The number of carbonyl (C=O) groups excluding carboxylic acids is 1. The Balaban J connectivity index is 1.46. The topological polar surface area (TPSA) is 63.2 Å². The first-order chi connectivity index (χ1) is 13.4. The van der Waals surface area contributed by atoms with E-state index >= 15 is 0 Å². The fraction of sp³-hybridized carbons (Fsp3) is 0.500. The van der Waals surface area contributed by atoms with Gasteiger partial charge in [-0.1, -0.05) is 0 Å². The molecule has 0 aliphatic heterocycles. The summed E-state index contributed by atoms with van der Waals surface area (Å²) in [4.78, 5) is 16.9. The molecule has 0 bridgehead atoms. The predicted molar refractivity (Wildman–Crippen MR) is 103 cm³/mol. The van der Waals surface area contributed by atoms with Crippen LogP contribution in [0.3, 0.4) is 0 Å². The highest BCUT2D eigenvalue weighted by atomic mass is 32.1. The second-order valence-corrected chi connectivity index (χ2v) is 8.55. The van der Waals surface area contributed by atoms with Crippen molar-refractivity contribution in [3.05, 3.63) is 45.4 Å². The van der Waals surface area contributed by atoms with Crippen molar-refractivity contribution in [1.29, 1.82) is 0 Å². The van der Waals surface area contributed by atoms with Crippen molar-refractivity contribution in [2.75, 3.05) is 13.8 Å². The number of thiazole rings is 1. The number of aryl methyl sites for hydroxylation is 1. The number of ether oxygens (including phenoxy) is 1. The number of hydrogen-bond donors (Lipinski definition) is 2. The minimum atomic E-state index is -0.673. The van der Waals surface area contributed by atoms with Crippen molar-refractivity contribution < 1.29 is 18.3 Å². The lowest BCUT2D eigenvalue weighted by Gasteiger charge is -2.23. The summed E-state index contributed by atoms with van der Waals surface area (Å²) in [6.07, 6.45) is 2.71. The number of rotatable bonds is 7. The second-order valence-electron chi connectivity index (χ2n) is 7.49. The standard InChI is InChI=1S/C20H23F2N3O2S/c1-11-25-17(9-28-11)20(5-6-20)24-10-23-19-13(3-4-16(19)26)18-14(21)7-12(27-2)8-15(18)22/h7-9,13,19,23-24H,3-6,10H2,1-2H3/t13-,19-/m0/s1. The monoisotopic (exact) mass is 407 g/mol. The predicted octanol–water partition coefficient (Wildman–Crippen LogP) is 3.38. The molecular weight excluding hydrogens is 384 g/mol. The summed E-state index contributed by atoms with van der Waals surface area (Å²) in [6.45, 7) is 2.35. The molecule has 2 aliphatic carbocycles. The molecule has 1 aromatic heterocycles. The number of halogens is 2. The van der Waals surface area contributed by atoms with E-state index in [9.17, 15) is 13.6 Å². The zero-order valence-electron chi connectivity index (χ0n) is 15.9. The van der Waals surface area contributed by atoms with E-state index < -0.39 is 23.6 Å². The van der Waals surface area contributed by atoms with E-state index in [4.69, 9.17) is 4.74 Å². The van der Waals surface area contributed by atoms with E-state index in [2.05, 4.69) is 21.0 Å². The van der Waals surface area contributed by atoms with E-state index in [0.717, 1.165) is 23.5 Å². The number of benzene rings is 1. The zero-order valence-corrected chi connectivity index (χ0v) is 16.7. The number of Topliss-reactive ketones (excluding diaryl/α,β-unsaturated/α-hetero) is 1. The van der Waals surface area contributed by atoms with Crippen molar-refractivity contribution in [3.8, 4) is 5.75 Å². The van der Waals surface area contributed by atoms with Gasteiger partial charge in [0.15, 0.2) is 0 Å². The SMILES string of the molecule is COc1cc(F)c([C@@H]2CCC(=O)[C@H]2NCNC2(c3csc(C)n3)CC2)c(F)c1. The first-order valence-electron chi connectivity index (χ1n) is 9.40. The van der Waals surface area contributed by atoms with Gasteiger partial charge >= 0.3 is 0 Å². The maximum atomic E-state index is 14.5. The Morgan fingerprint density at radius 3 is 2.61 bits per heavy atom. The summed E-state index contributed by atoms with van der Waals surface area (Å²) in [7, 11) is 1.36. The quantitative estimate of drug-likeness (QED) is 0.689. The normalized spacial score (nSPS) is 23.2. The number of nitrogens with zero attached hydrogens (tertiary/aromatic N) is 1. The largest absolute Gasteiger partial charge is 0.497 e. The van der Waals surface area contributed by atoms with Crippen molar-refractivity contribution in [2.24, 2.45) is 0 Å². The summed E-state index contributed by atoms with van der Waals surface area (Å²) in [5.74, 6) is -1.77.